The predicted molar refractivity (Wildman–Crippen MR) is 134 cm³/mol. The molecule has 164 valence electrons. The van der Waals surface area contributed by atoms with Gasteiger partial charge in [-0.3, -0.25) is 9.59 Å². The fourth-order valence-corrected chi connectivity index (χ4v) is 3.91. The minimum absolute atomic E-state index is 0.0420. The van der Waals surface area contributed by atoms with Gasteiger partial charge in [-0.15, -0.1) is 11.3 Å². The normalized spacial score (nSPS) is 11.4. The largest absolute Gasteiger partial charge is 0.504 e. The third-order valence-electron chi connectivity index (χ3n) is 4.10. The first-order valence-electron chi connectivity index (χ1n) is 9.58. The van der Waals surface area contributed by atoms with Gasteiger partial charge in [0.15, 0.2) is 11.5 Å². The standard InChI is InChI=1S/C23H20IN3O4S/c1-2-31-20-12-17(24)11-16(21(20)28)14-25-27-23(30)19(13-18-9-6-10-32-18)26-22(29)15-7-4-3-5-8-15/h3-14,28H,2H2,1H3,(H,26,29)(H,27,30). The number of hydrazone groups is 1. The Kier molecular flexibility index (Phi) is 8.40. The van der Waals surface area contributed by atoms with Gasteiger partial charge >= 0.3 is 0 Å². The molecule has 3 rings (SSSR count). The Hall–Kier alpha value is -3.18. The number of phenolic OH excluding ortho intramolecular Hbond substituents is 1. The van der Waals surface area contributed by atoms with Crippen LogP contribution in [0.15, 0.2) is 70.8 Å². The second-order valence-corrected chi connectivity index (χ2v) is 8.59. The van der Waals surface area contributed by atoms with E-state index in [1.54, 1.807) is 48.5 Å². The zero-order valence-electron chi connectivity index (χ0n) is 17.0. The summed E-state index contributed by atoms with van der Waals surface area (Å²) in [5.41, 5.74) is 3.25. The highest BCUT2D eigenvalue weighted by Crippen LogP contribution is 2.31. The average molecular weight is 561 g/mol. The van der Waals surface area contributed by atoms with Crippen LogP contribution in [0.2, 0.25) is 0 Å². The molecule has 0 bridgehead atoms. The Morgan fingerprint density at radius 1 is 1.19 bits per heavy atom. The summed E-state index contributed by atoms with van der Waals surface area (Å²) in [6.45, 7) is 2.22. The number of benzene rings is 2. The van der Waals surface area contributed by atoms with Crippen LogP contribution in [0.4, 0.5) is 0 Å². The van der Waals surface area contributed by atoms with Crippen LogP contribution in [0.1, 0.15) is 27.7 Å². The molecule has 32 heavy (non-hydrogen) atoms. The first-order valence-corrected chi connectivity index (χ1v) is 11.5. The summed E-state index contributed by atoms with van der Waals surface area (Å²) < 4.78 is 6.25. The van der Waals surface area contributed by atoms with Gasteiger partial charge in [0.05, 0.1) is 12.8 Å². The number of hydrogen-bond donors (Lipinski definition) is 3. The van der Waals surface area contributed by atoms with Gasteiger partial charge in [0.1, 0.15) is 5.70 Å². The van der Waals surface area contributed by atoms with Crippen molar-refractivity contribution >= 4 is 58.0 Å². The highest BCUT2D eigenvalue weighted by atomic mass is 127. The Bertz CT molecular complexity index is 1150. The molecule has 1 heterocycles. The van der Waals surface area contributed by atoms with Crippen LogP contribution in [0.3, 0.4) is 0 Å². The number of hydrogen-bond acceptors (Lipinski definition) is 6. The Morgan fingerprint density at radius 2 is 1.97 bits per heavy atom. The number of aromatic hydroxyl groups is 1. The van der Waals surface area contributed by atoms with Crippen molar-refractivity contribution in [1.29, 1.82) is 0 Å². The fraction of sp³-hybridized carbons (Fsp3) is 0.0870. The van der Waals surface area contributed by atoms with Crippen molar-refractivity contribution in [2.24, 2.45) is 5.10 Å². The number of nitrogens with one attached hydrogen (secondary N) is 2. The topological polar surface area (TPSA) is 100 Å². The summed E-state index contributed by atoms with van der Waals surface area (Å²) >= 11 is 3.53. The van der Waals surface area contributed by atoms with Crippen LogP contribution in [0.25, 0.3) is 6.08 Å². The molecular weight excluding hydrogens is 541 g/mol. The number of carbonyl (C=O) groups excluding carboxylic acids is 2. The van der Waals surface area contributed by atoms with Gasteiger partial charge in [-0.25, -0.2) is 5.43 Å². The molecule has 0 unspecified atom stereocenters. The molecule has 0 saturated carbocycles. The van der Waals surface area contributed by atoms with E-state index in [9.17, 15) is 14.7 Å². The number of halogens is 1. The zero-order valence-corrected chi connectivity index (χ0v) is 20.0. The van der Waals surface area contributed by atoms with Crippen molar-refractivity contribution in [2.75, 3.05) is 6.61 Å². The molecule has 0 saturated heterocycles. The van der Waals surface area contributed by atoms with Gasteiger partial charge < -0.3 is 15.2 Å². The summed E-state index contributed by atoms with van der Waals surface area (Å²) in [7, 11) is 0. The molecule has 0 aliphatic rings. The van der Waals surface area contributed by atoms with E-state index in [1.807, 2.05) is 24.4 Å². The molecule has 0 atom stereocenters. The molecule has 0 aliphatic carbocycles. The number of nitrogens with zero attached hydrogens (tertiary/aromatic N) is 1. The fourth-order valence-electron chi connectivity index (χ4n) is 2.64. The lowest BCUT2D eigenvalue weighted by atomic mass is 10.2. The van der Waals surface area contributed by atoms with Gasteiger partial charge in [0.2, 0.25) is 0 Å². The monoisotopic (exact) mass is 561 g/mol. The molecule has 3 N–H and O–H groups in total. The van der Waals surface area contributed by atoms with Gasteiger partial charge in [0.25, 0.3) is 11.8 Å². The van der Waals surface area contributed by atoms with Crippen LogP contribution in [0, 0.1) is 3.57 Å². The maximum atomic E-state index is 12.8. The van der Waals surface area contributed by atoms with E-state index in [2.05, 4.69) is 38.4 Å². The highest BCUT2D eigenvalue weighted by molar-refractivity contribution is 14.1. The number of rotatable bonds is 8. The number of thiophene rings is 1. The van der Waals surface area contributed by atoms with E-state index < -0.39 is 11.8 Å². The predicted octanol–water partition coefficient (Wildman–Crippen LogP) is 4.38. The van der Waals surface area contributed by atoms with Gasteiger partial charge in [-0.2, -0.15) is 5.10 Å². The first kappa shape index (κ1) is 23.5. The van der Waals surface area contributed by atoms with Crippen molar-refractivity contribution in [3.63, 3.8) is 0 Å². The van der Waals surface area contributed by atoms with Crippen LogP contribution in [-0.2, 0) is 4.79 Å². The average Bonchev–Trinajstić information content (AvgIpc) is 3.30. The number of ether oxygens (including phenoxy) is 1. The third-order valence-corrected chi connectivity index (χ3v) is 5.54. The first-order chi connectivity index (χ1) is 15.5. The number of carbonyl (C=O) groups is 2. The van der Waals surface area contributed by atoms with Gasteiger partial charge in [0, 0.05) is 19.6 Å². The number of amides is 2. The van der Waals surface area contributed by atoms with E-state index in [1.165, 1.54) is 17.6 Å². The quantitative estimate of drug-likeness (QED) is 0.165. The van der Waals surface area contributed by atoms with Crippen molar-refractivity contribution in [1.82, 2.24) is 10.7 Å². The molecule has 7 nitrogen and oxygen atoms in total. The minimum Gasteiger partial charge on any atom is -0.504 e. The molecule has 2 amide bonds. The summed E-state index contributed by atoms with van der Waals surface area (Å²) in [5.74, 6) is -0.754. The summed E-state index contributed by atoms with van der Waals surface area (Å²) in [4.78, 5) is 26.1. The lowest BCUT2D eigenvalue weighted by molar-refractivity contribution is -0.117. The summed E-state index contributed by atoms with van der Waals surface area (Å²) in [6.07, 6.45) is 2.90. The molecule has 1 aromatic heterocycles. The highest BCUT2D eigenvalue weighted by Gasteiger charge is 2.15. The van der Waals surface area contributed by atoms with E-state index in [0.717, 1.165) is 8.45 Å². The molecule has 0 aliphatic heterocycles. The van der Waals surface area contributed by atoms with E-state index in [4.69, 9.17) is 4.74 Å². The van der Waals surface area contributed by atoms with Crippen molar-refractivity contribution in [3.8, 4) is 11.5 Å². The molecule has 0 fully saturated rings. The minimum atomic E-state index is -0.603. The van der Waals surface area contributed by atoms with E-state index >= 15 is 0 Å². The molecule has 2 aromatic carbocycles. The second kappa shape index (κ2) is 11.4. The van der Waals surface area contributed by atoms with Gasteiger partial charge in [-0.05, 0) is 71.3 Å². The molecule has 0 spiro atoms. The SMILES string of the molecule is CCOc1cc(I)cc(C=NNC(=O)C(=Cc2cccs2)NC(=O)c2ccccc2)c1O. The Balaban J connectivity index is 1.78. The smallest absolute Gasteiger partial charge is 0.287 e. The van der Waals surface area contributed by atoms with Crippen molar-refractivity contribution in [2.45, 2.75) is 6.92 Å². The van der Waals surface area contributed by atoms with E-state index in [-0.39, 0.29) is 11.4 Å². The zero-order chi connectivity index (χ0) is 22.9. The Morgan fingerprint density at radius 3 is 2.66 bits per heavy atom. The lowest BCUT2D eigenvalue weighted by Gasteiger charge is -2.10. The van der Waals surface area contributed by atoms with Gasteiger partial charge in [-0.1, -0.05) is 24.3 Å². The van der Waals surface area contributed by atoms with Crippen LogP contribution < -0.4 is 15.5 Å². The van der Waals surface area contributed by atoms with Crippen LogP contribution >= 0.6 is 33.9 Å². The summed E-state index contributed by atoms with van der Waals surface area (Å²) in [6, 6.07) is 15.7. The van der Waals surface area contributed by atoms with Crippen molar-refractivity contribution < 1.29 is 19.4 Å². The van der Waals surface area contributed by atoms with Crippen molar-refractivity contribution in [3.05, 3.63) is 85.2 Å². The molecular formula is C23H20IN3O4S. The Labute approximate surface area is 203 Å². The van der Waals surface area contributed by atoms with Crippen LogP contribution in [-0.4, -0.2) is 29.7 Å². The second-order valence-electron chi connectivity index (χ2n) is 6.37. The number of phenols is 1. The van der Waals surface area contributed by atoms with Crippen LogP contribution in [0.5, 0.6) is 11.5 Å². The third kappa shape index (κ3) is 6.41. The maximum Gasteiger partial charge on any atom is 0.287 e. The molecule has 3 aromatic rings. The molecule has 9 heteroatoms. The lowest BCUT2D eigenvalue weighted by Crippen LogP contribution is -2.32. The maximum absolute atomic E-state index is 12.8. The summed E-state index contributed by atoms with van der Waals surface area (Å²) in [5, 5.41) is 18.8. The van der Waals surface area contributed by atoms with E-state index in [0.29, 0.717) is 23.5 Å². The molecule has 0 radical (unpaired) electrons.